The van der Waals surface area contributed by atoms with Gasteiger partial charge in [0.2, 0.25) is 5.91 Å². The van der Waals surface area contributed by atoms with Crippen molar-refractivity contribution in [3.05, 3.63) is 29.3 Å². The maximum Gasteiger partial charge on any atom is 0.222 e. The number of benzene rings is 1. The average molecular weight is 444 g/mol. The standard InChI is InChI=1S/C18H28N4O.HI/c1-13-8-9-16(12-14(13)2)22-18(19)20-11-10-17(23)21-15-6-4-3-5-7-15;/h8-9,12,15H,3-7,10-11H2,1-2H3,(H,21,23)(H3,19,20,22);1H. The number of amides is 1. The lowest BCUT2D eigenvalue weighted by Gasteiger charge is -2.22. The van der Waals surface area contributed by atoms with Crippen LogP contribution in [0.5, 0.6) is 0 Å². The molecule has 1 amide bonds. The third-order valence-electron chi connectivity index (χ3n) is 4.37. The van der Waals surface area contributed by atoms with Crippen molar-refractivity contribution < 1.29 is 4.79 Å². The van der Waals surface area contributed by atoms with Crippen LogP contribution in [0.25, 0.3) is 0 Å². The van der Waals surface area contributed by atoms with Gasteiger partial charge in [-0.25, -0.2) is 0 Å². The predicted molar refractivity (Wildman–Crippen MR) is 111 cm³/mol. The van der Waals surface area contributed by atoms with E-state index < -0.39 is 0 Å². The van der Waals surface area contributed by atoms with Crippen molar-refractivity contribution >= 4 is 41.5 Å². The van der Waals surface area contributed by atoms with Crippen molar-refractivity contribution in [3.63, 3.8) is 0 Å². The lowest BCUT2D eigenvalue weighted by molar-refractivity contribution is -0.121. The van der Waals surface area contributed by atoms with E-state index >= 15 is 0 Å². The summed E-state index contributed by atoms with van der Waals surface area (Å²) in [5.41, 5.74) is 9.23. The highest BCUT2D eigenvalue weighted by molar-refractivity contribution is 14.0. The minimum atomic E-state index is 0. The first-order valence-corrected chi connectivity index (χ1v) is 8.48. The van der Waals surface area contributed by atoms with Gasteiger partial charge in [0.1, 0.15) is 0 Å². The third-order valence-corrected chi connectivity index (χ3v) is 4.37. The molecular weight excluding hydrogens is 415 g/mol. The molecule has 0 saturated heterocycles. The van der Waals surface area contributed by atoms with Crippen LogP contribution < -0.4 is 16.4 Å². The van der Waals surface area contributed by atoms with Crippen molar-refractivity contribution in [1.29, 1.82) is 0 Å². The molecular formula is C18H29IN4O. The zero-order valence-electron chi connectivity index (χ0n) is 14.6. The van der Waals surface area contributed by atoms with E-state index in [1.165, 1.54) is 30.4 Å². The Morgan fingerprint density at radius 3 is 2.58 bits per heavy atom. The van der Waals surface area contributed by atoms with Gasteiger partial charge in [-0.15, -0.1) is 24.0 Å². The fraction of sp³-hybridized carbons (Fsp3) is 0.556. The zero-order valence-corrected chi connectivity index (χ0v) is 16.9. The summed E-state index contributed by atoms with van der Waals surface area (Å²) in [6, 6.07) is 6.41. The molecule has 1 fully saturated rings. The summed E-state index contributed by atoms with van der Waals surface area (Å²) in [6.07, 6.45) is 6.31. The van der Waals surface area contributed by atoms with E-state index in [2.05, 4.69) is 29.5 Å². The van der Waals surface area contributed by atoms with Crippen molar-refractivity contribution in [1.82, 2.24) is 5.32 Å². The number of nitrogens with one attached hydrogen (secondary N) is 2. The largest absolute Gasteiger partial charge is 0.370 e. The van der Waals surface area contributed by atoms with Crippen LogP contribution in [0.15, 0.2) is 23.2 Å². The molecule has 4 N–H and O–H groups in total. The van der Waals surface area contributed by atoms with E-state index in [4.69, 9.17) is 5.73 Å². The zero-order chi connectivity index (χ0) is 16.7. The number of halogens is 1. The van der Waals surface area contributed by atoms with Gasteiger partial charge in [-0.1, -0.05) is 25.3 Å². The highest BCUT2D eigenvalue weighted by Gasteiger charge is 2.15. The summed E-state index contributed by atoms with van der Waals surface area (Å²) in [4.78, 5) is 16.1. The van der Waals surface area contributed by atoms with Gasteiger partial charge in [0, 0.05) is 18.2 Å². The van der Waals surface area contributed by atoms with Gasteiger partial charge in [0.05, 0.1) is 6.54 Å². The number of nitrogens with two attached hydrogens (primary N) is 1. The molecule has 0 radical (unpaired) electrons. The number of aliphatic imine (C=N–C) groups is 1. The Labute approximate surface area is 161 Å². The topological polar surface area (TPSA) is 79.5 Å². The second-order valence-electron chi connectivity index (χ2n) is 6.34. The molecule has 0 aliphatic heterocycles. The summed E-state index contributed by atoms with van der Waals surface area (Å²) < 4.78 is 0. The van der Waals surface area contributed by atoms with Crippen LogP contribution in [0.3, 0.4) is 0 Å². The molecule has 0 unspecified atom stereocenters. The first-order valence-electron chi connectivity index (χ1n) is 8.48. The minimum absolute atomic E-state index is 0. The van der Waals surface area contributed by atoms with Crippen LogP contribution in [0.2, 0.25) is 0 Å². The number of rotatable bonds is 5. The lowest BCUT2D eigenvalue weighted by Crippen LogP contribution is -2.36. The Balaban J connectivity index is 0.00000288. The van der Waals surface area contributed by atoms with Crippen LogP contribution in [0.1, 0.15) is 49.7 Å². The van der Waals surface area contributed by atoms with Crippen LogP contribution in [0.4, 0.5) is 5.69 Å². The molecule has 24 heavy (non-hydrogen) atoms. The molecule has 0 heterocycles. The van der Waals surface area contributed by atoms with Crippen LogP contribution in [-0.2, 0) is 4.79 Å². The van der Waals surface area contributed by atoms with E-state index in [1.54, 1.807) is 0 Å². The van der Waals surface area contributed by atoms with Crippen LogP contribution in [0, 0.1) is 13.8 Å². The second kappa shape index (κ2) is 10.5. The van der Waals surface area contributed by atoms with Gasteiger partial charge in [-0.3, -0.25) is 9.79 Å². The molecule has 134 valence electrons. The Morgan fingerprint density at radius 2 is 1.92 bits per heavy atom. The fourth-order valence-electron chi connectivity index (χ4n) is 2.83. The second-order valence-corrected chi connectivity index (χ2v) is 6.34. The Kier molecular flexibility index (Phi) is 9.10. The molecule has 6 heteroatoms. The summed E-state index contributed by atoms with van der Waals surface area (Å²) in [5.74, 6) is 0.415. The molecule has 0 spiro atoms. The number of anilines is 1. The number of hydrogen-bond donors (Lipinski definition) is 3. The van der Waals surface area contributed by atoms with E-state index in [0.717, 1.165) is 18.5 Å². The van der Waals surface area contributed by atoms with Gasteiger partial charge in [0.25, 0.3) is 0 Å². The molecule has 1 aliphatic carbocycles. The molecule has 0 bridgehead atoms. The Bertz CT molecular complexity index is 568. The summed E-state index contributed by atoms with van der Waals surface area (Å²) in [7, 11) is 0. The van der Waals surface area contributed by atoms with Gasteiger partial charge in [0.15, 0.2) is 5.96 Å². The van der Waals surface area contributed by atoms with Gasteiger partial charge in [-0.05, 0) is 49.9 Å². The molecule has 1 aliphatic rings. The van der Waals surface area contributed by atoms with Crippen LogP contribution in [-0.4, -0.2) is 24.5 Å². The molecule has 1 aromatic carbocycles. The van der Waals surface area contributed by atoms with E-state index in [0.29, 0.717) is 25.0 Å². The van der Waals surface area contributed by atoms with Crippen LogP contribution >= 0.6 is 24.0 Å². The van der Waals surface area contributed by atoms with Crippen molar-refractivity contribution in [2.75, 3.05) is 11.9 Å². The average Bonchev–Trinajstić information content (AvgIpc) is 2.52. The van der Waals surface area contributed by atoms with E-state index in [1.807, 2.05) is 18.2 Å². The minimum Gasteiger partial charge on any atom is -0.370 e. The van der Waals surface area contributed by atoms with E-state index in [9.17, 15) is 4.79 Å². The number of hydrogen-bond acceptors (Lipinski definition) is 2. The Morgan fingerprint density at radius 1 is 1.21 bits per heavy atom. The van der Waals surface area contributed by atoms with Gasteiger partial charge in [-0.2, -0.15) is 0 Å². The summed E-state index contributed by atoms with van der Waals surface area (Å²) in [5, 5.41) is 6.15. The first kappa shape index (κ1) is 20.7. The maximum atomic E-state index is 11.9. The fourth-order valence-corrected chi connectivity index (χ4v) is 2.83. The molecule has 5 nitrogen and oxygen atoms in total. The number of aryl methyl sites for hydroxylation is 2. The molecule has 0 aromatic heterocycles. The molecule has 1 saturated carbocycles. The number of carbonyl (C=O) groups excluding carboxylic acids is 1. The number of guanidine groups is 1. The monoisotopic (exact) mass is 444 g/mol. The first-order chi connectivity index (χ1) is 11.0. The Hall–Kier alpha value is -1.31. The van der Waals surface area contributed by atoms with Crippen molar-refractivity contribution in [2.24, 2.45) is 10.7 Å². The number of nitrogens with zero attached hydrogens (tertiary/aromatic N) is 1. The van der Waals surface area contributed by atoms with Gasteiger partial charge < -0.3 is 16.4 Å². The molecule has 0 atom stereocenters. The molecule has 1 aromatic rings. The number of carbonyl (C=O) groups is 1. The summed E-state index contributed by atoms with van der Waals surface area (Å²) in [6.45, 7) is 4.53. The summed E-state index contributed by atoms with van der Waals surface area (Å²) >= 11 is 0. The van der Waals surface area contributed by atoms with Crippen molar-refractivity contribution in [2.45, 2.75) is 58.4 Å². The normalized spacial score (nSPS) is 15.5. The quantitative estimate of drug-likeness (QED) is 0.370. The maximum absolute atomic E-state index is 11.9. The highest BCUT2D eigenvalue weighted by atomic mass is 127. The molecule has 2 rings (SSSR count). The van der Waals surface area contributed by atoms with E-state index in [-0.39, 0.29) is 29.9 Å². The smallest absolute Gasteiger partial charge is 0.222 e. The third kappa shape index (κ3) is 7.07. The SMILES string of the molecule is Cc1ccc(NC(N)=NCCC(=O)NC2CCCCC2)cc1C.I. The highest BCUT2D eigenvalue weighted by Crippen LogP contribution is 2.17. The van der Waals surface area contributed by atoms with Gasteiger partial charge >= 0.3 is 0 Å². The predicted octanol–water partition coefficient (Wildman–Crippen LogP) is 3.49. The lowest BCUT2D eigenvalue weighted by atomic mass is 9.95. The van der Waals surface area contributed by atoms with Crippen molar-refractivity contribution in [3.8, 4) is 0 Å².